The highest BCUT2D eigenvalue weighted by Gasteiger charge is 2.10. The Morgan fingerprint density at radius 3 is 3.00 bits per heavy atom. The van der Waals surface area contributed by atoms with Gasteiger partial charge in [-0.15, -0.1) is 0 Å². The molecule has 0 aliphatic rings. The molecule has 14 heavy (non-hydrogen) atoms. The molecule has 5 heteroatoms. The van der Waals surface area contributed by atoms with Crippen molar-refractivity contribution in [3.8, 4) is 0 Å². The van der Waals surface area contributed by atoms with Gasteiger partial charge in [-0.25, -0.2) is 0 Å². The molecule has 0 saturated carbocycles. The zero-order valence-electron chi connectivity index (χ0n) is 8.40. The minimum Gasteiger partial charge on any atom is -0.396 e. The number of aliphatic hydroxyl groups excluding tert-OH is 1. The van der Waals surface area contributed by atoms with E-state index in [1.165, 1.54) is 4.68 Å². The second kappa shape index (κ2) is 4.76. The fraction of sp³-hybridized carbons (Fsp3) is 0.556. The molecule has 0 aliphatic heterocycles. The molecule has 1 heterocycles. The predicted molar refractivity (Wildman–Crippen MR) is 51.8 cm³/mol. The van der Waals surface area contributed by atoms with Crippen molar-refractivity contribution in [2.45, 2.75) is 6.92 Å². The van der Waals surface area contributed by atoms with Gasteiger partial charge in [0.15, 0.2) is 0 Å². The first-order valence-corrected chi connectivity index (χ1v) is 4.52. The number of amides is 1. The largest absolute Gasteiger partial charge is 0.396 e. The summed E-state index contributed by atoms with van der Waals surface area (Å²) in [7, 11) is 1.71. The van der Waals surface area contributed by atoms with E-state index in [0.717, 1.165) is 0 Å². The van der Waals surface area contributed by atoms with Crippen molar-refractivity contribution in [3.05, 3.63) is 18.0 Å². The minimum absolute atomic E-state index is 0.0751. The van der Waals surface area contributed by atoms with Gasteiger partial charge < -0.3 is 10.4 Å². The third kappa shape index (κ3) is 2.56. The maximum Gasteiger partial charge on any atom is 0.269 e. The van der Waals surface area contributed by atoms with E-state index in [4.69, 9.17) is 5.11 Å². The molecule has 0 saturated heterocycles. The molecule has 1 aromatic heterocycles. The van der Waals surface area contributed by atoms with Crippen LogP contribution in [0.3, 0.4) is 0 Å². The maximum atomic E-state index is 11.5. The number of hydrogen-bond donors (Lipinski definition) is 2. The van der Waals surface area contributed by atoms with Gasteiger partial charge in [-0.3, -0.25) is 9.48 Å². The number of nitrogens with zero attached hydrogens (tertiary/aromatic N) is 2. The van der Waals surface area contributed by atoms with Gasteiger partial charge in [0.1, 0.15) is 5.69 Å². The normalized spacial score (nSPS) is 12.5. The zero-order chi connectivity index (χ0) is 10.6. The van der Waals surface area contributed by atoms with Crippen LogP contribution >= 0.6 is 0 Å². The van der Waals surface area contributed by atoms with Crippen molar-refractivity contribution in [1.29, 1.82) is 0 Å². The summed E-state index contributed by atoms with van der Waals surface area (Å²) in [6.45, 7) is 2.41. The van der Waals surface area contributed by atoms with Crippen LogP contribution in [0.2, 0.25) is 0 Å². The molecule has 1 amide bonds. The lowest BCUT2D eigenvalue weighted by atomic mass is 10.2. The smallest absolute Gasteiger partial charge is 0.269 e. The second-order valence-electron chi connectivity index (χ2n) is 3.34. The van der Waals surface area contributed by atoms with Gasteiger partial charge in [-0.1, -0.05) is 6.92 Å². The van der Waals surface area contributed by atoms with Crippen LogP contribution < -0.4 is 5.32 Å². The number of aryl methyl sites for hydroxylation is 1. The van der Waals surface area contributed by atoms with E-state index in [1.807, 2.05) is 6.92 Å². The first-order valence-electron chi connectivity index (χ1n) is 4.52. The highest BCUT2D eigenvalue weighted by atomic mass is 16.3. The van der Waals surface area contributed by atoms with E-state index in [0.29, 0.717) is 12.2 Å². The number of aliphatic hydroxyl groups is 1. The van der Waals surface area contributed by atoms with Crippen LogP contribution in [-0.4, -0.2) is 33.9 Å². The van der Waals surface area contributed by atoms with Crippen LogP contribution in [0.1, 0.15) is 17.4 Å². The molecular formula is C9H15N3O2. The van der Waals surface area contributed by atoms with E-state index < -0.39 is 0 Å². The van der Waals surface area contributed by atoms with E-state index >= 15 is 0 Å². The lowest BCUT2D eigenvalue weighted by Crippen LogP contribution is -2.30. The summed E-state index contributed by atoms with van der Waals surface area (Å²) in [5.74, 6) is -0.0857. The second-order valence-corrected chi connectivity index (χ2v) is 3.34. The SMILES string of the molecule is CC(CO)CNC(=O)c1ccnn1C. The molecular weight excluding hydrogens is 182 g/mol. The predicted octanol–water partition coefficient (Wildman–Crippen LogP) is -0.222. The minimum atomic E-state index is -0.162. The monoisotopic (exact) mass is 197 g/mol. The molecule has 0 fully saturated rings. The summed E-state index contributed by atoms with van der Waals surface area (Å²) >= 11 is 0. The molecule has 1 unspecified atom stereocenters. The number of hydrogen-bond acceptors (Lipinski definition) is 3. The molecule has 1 rings (SSSR count). The van der Waals surface area contributed by atoms with Crippen molar-refractivity contribution < 1.29 is 9.90 Å². The Balaban J connectivity index is 2.47. The first-order chi connectivity index (χ1) is 6.65. The van der Waals surface area contributed by atoms with E-state index in [2.05, 4.69) is 10.4 Å². The van der Waals surface area contributed by atoms with Crippen LogP contribution in [0.5, 0.6) is 0 Å². The van der Waals surface area contributed by atoms with E-state index in [-0.39, 0.29) is 18.4 Å². The van der Waals surface area contributed by atoms with Crippen molar-refractivity contribution in [2.24, 2.45) is 13.0 Å². The zero-order valence-corrected chi connectivity index (χ0v) is 8.40. The van der Waals surface area contributed by atoms with Crippen molar-refractivity contribution in [3.63, 3.8) is 0 Å². The molecule has 0 bridgehead atoms. The maximum absolute atomic E-state index is 11.5. The number of carbonyl (C=O) groups excluding carboxylic acids is 1. The van der Waals surface area contributed by atoms with E-state index in [1.54, 1.807) is 19.3 Å². The lowest BCUT2D eigenvalue weighted by Gasteiger charge is -2.09. The molecule has 1 atom stereocenters. The number of nitrogens with one attached hydrogen (secondary N) is 1. The van der Waals surface area contributed by atoms with E-state index in [9.17, 15) is 4.79 Å². The summed E-state index contributed by atoms with van der Waals surface area (Å²) < 4.78 is 1.51. The third-order valence-electron chi connectivity index (χ3n) is 1.98. The Labute approximate surface area is 82.7 Å². The van der Waals surface area contributed by atoms with Crippen LogP contribution in [-0.2, 0) is 7.05 Å². The summed E-state index contributed by atoms with van der Waals surface area (Å²) in [4.78, 5) is 11.5. The molecule has 0 aromatic carbocycles. The van der Waals surface area contributed by atoms with Gasteiger partial charge in [-0.2, -0.15) is 5.10 Å². The van der Waals surface area contributed by atoms with Crippen molar-refractivity contribution >= 4 is 5.91 Å². The average molecular weight is 197 g/mol. The average Bonchev–Trinajstić information content (AvgIpc) is 2.60. The Morgan fingerprint density at radius 2 is 2.50 bits per heavy atom. The first kappa shape index (κ1) is 10.7. The number of rotatable bonds is 4. The number of carbonyl (C=O) groups is 1. The molecule has 0 aliphatic carbocycles. The highest BCUT2D eigenvalue weighted by Crippen LogP contribution is 1.96. The molecule has 1 aromatic rings. The molecule has 0 spiro atoms. The standard InChI is InChI=1S/C9H15N3O2/c1-7(6-13)5-10-9(14)8-3-4-11-12(8)2/h3-4,7,13H,5-6H2,1-2H3,(H,10,14). The van der Waals surface area contributed by atoms with Crippen molar-refractivity contribution in [2.75, 3.05) is 13.2 Å². The van der Waals surface area contributed by atoms with Crippen LogP contribution in [0.4, 0.5) is 0 Å². The topological polar surface area (TPSA) is 67.2 Å². The summed E-state index contributed by atoms with van der Waals surface area (Å²) in [6, 6.07) is 1.65. The quantitative estimate of drug-likeness (QED) is 0.701. The highest BCUT2D eigenvalue weighted by molar-refractivity contribution is 5.92. The van der Waals surface area contributed by atoms with Gasteiger partial charge in [0.25, 0.3) is 5.91 Å². The van der Waals surface area contributed by atoms with Gasteiger partial charge >= 0.3 is 0 Å². The van der Waals surface area contributed by atoms with Crippen LogP contribution in [0.25, 0.3) is 0 Å². The van der Waals surface area contributed by atoms with Gasteiger partial charge in [-0.05, 0) is 12.0 Å². The van der Waals surface area contributed by atoms with Gasteiger partial charge in [0, 0.05) is 26.4 Å². The Morgan fingerprint density at radius 1 is 1.79 bits per heavy atom. The Bertz CT molecular complexity index is 309. The summed E-state index contributed by atoms with van der Waals surface area (Å²) in [5, 5.41) is 15.4. The van der Waals surface area contributed by atoms with Gasteiger partial charge in [0.2, 0.25) is 0 Å². The molecule has 2 N–H and O–H groups in total. The number of aromatic nitrogens is 2. The molecule has 0 radical (unpaired) electrons. The third-order valence-corrected chi connectivity index (χ3v) is 1.98. The van der Waals surface area contributed by atoms with Crippen molar-refractivity contribution in [1.82, 2.24) is 15.1 Å². The van der Waals surface area contributed by atoms with Crippen LogP contribution in [0, 0.1) is 5.92 Å². The Hall–Kier alpha value is -1.36. The fourth-order valence-corrected chi connectivity index (χ4v) is 1.02. The van der Waals surface area contributed by atoms with Crippen LogP contribution in [0.15, 0.2) is 12.3 Å². The molecule has 78 valence electrons. The lowest BCUT2D eigenvalue weighted by molar-refractivity contribution is 0.0933. The Kier molecular flexibility index (Phi) is 3.64. The fourth-order valence-electron chi connectivity index (χ4n) is 1.02. The van der Waals surface area contributed by atoms with Gasteiger partial charge in [0.05, 0.1) is 0 Å². The summed E-state index contributed by atoms with van der Waals surface area (Å²) in [5.41, 5.74) is 0.523. The molecule has 5 nitrogen and oxygen atoms in total. The summed E-state index contributed by atoms with van der Waals surface area (Å²) in [6.07, 6.45) is 1.57.